The van der Waals surface area contributed by atoms with Gasteiger partial charge < -0.3 is 4.90 Å². The van der Waals surface area contributed by atoms with Gasteiger partial charge in [-0.3, -0.25) is 4.79 Å². The van der Waals surface area contributed by atoms with Gasteiger partial charge in [-0.15, -0.1) is 0 Å². The van der Waals surface area contributed by atoms with Crippen molar-refractivity contribution in [3.8, 4) is 0 Å². The molecule has 1 aliphatic heterocycles. The van der Waals surface area contributed by atoms with E-state index in [-0.39, 0.29) is 5.91 Å². The van der Waals surface area contributed by atoms with Crippen molar-refractivity contribution in [1.29, 1.82) is 0 Å². The maximum atomic E-state index is 12.8. The maximum absolute atomic E-state index is 12.8. The first-order valence-corrected chi connectivity index (χ1v) is 8.53. The SMILES string of the molecule is Cc1ccc(C(=O)N2CCCC2C2CCCC2)c(Br)c1. The Morgan fingerprint density at radius 1 is 1.20 bits per heavy atom. The number of rotatable bonds is 2. The van der Waals surface area contributed by atoms with Crippen LogP contribution in [0, 0.1) is 12.8 Å². The standard InChI is InChI=1S/C17H22BrNO/c1-12-8-9-14(15(18)11-12)17(20)19-10-4-7-16(19)13-5-2-3-6-13/h8-9,11,13,16H,2-7,10H2,1H3. The third-order valence-electron chi connectivity index (χ3n) is 4.86. The Balaban J connectivity index is 1.81. The average Bonchev–Trinajstić information content (AvgIpc) is 3.09. The molecule has 1 saturated heterocycles. The van der Waals surface area contributed by atoms with Crippen molar-refractivity contribution < 1.29 is 4.79 Å². The highest BCUT2D eigenvalue weighted by Gasteiger charge is 2.36. The zero-order valence-electron chi connectivity index (χ0n) is 12.1. The van der Waals surface area contributed by atoms with Crippen LogP contribution in [-0.4, -0.2) is 23.4 Å². The van der Waals surface area contributed by atoms with Crippen molar-refractivity contribution >= 4 is 21.8 Å². The number of nitrogens with zero attached hydrogens (tertiary/aromatic N) is 1. The first-order chi connectivity index (χ1) is 9.66. The van der Waals surface area contributed by atoms with Gasteiger partial charge in [-0.1, -0.05) is 18.9 Å². The lowest BCUT2D eigenvalue weighted by Crippen LogP contribution is -2.39. The molecule has 2 fully saturated rings. The van der Waals surface area contributed by atoms with Gasteiger partial charge in [-0.05, 0) is 72.2 Å². The van der Waals surface area contributed by atoms with E-state index >= 15 is 0 Å². The van der Waals surface area contributed by atoms with Crippen molar-refractivity contribution in [3.63, 3.8) is 0 Å². The number of aryl methyl sites for hydroxylation is 1. The summed E-state index contributed by atoms with van der Waals surface area (Å²) in [5, 5.41) is 0. The predicted octanol–water partition coefficient (Wildman–Crippen LogP) is 4.55. The largest absolute Gasteiger partial charge is 0.335 e. The van der Waals surface area contributed by atoms with Gasteiger partial charge in [0.05, 0.1) is 5.56 Å². The molecule has 0 spiro atoms. The molecule has 1 unspecified atom stereocenters. The fraction of sp³-hybridized carbons (Fsp3) is 0.588. The molecule has 1 saturated carbocycles. The van der Waals surface area contributed by atoms with Crippen LogP contribution in [0.1, 0.15) is 54.4 Å². The number of benzene rings is 1. The molecular weight excluding hydrogens is 314 g/mol. The zero-order chi connectivity index (χ0) is 14.1. The molecule has 2 nitrogen and oxygen atoms in total. The number of likely N-dealkylation sites (tertiary alicyclic amines) is 1. The minimum absolute atomic E-state index is 0.214. The molecule has 1 amide bonds. The fourth-order valence-corrected chi connectivity index (χ4v) is 4.49. The van der Waals surface area contributed by atoms with E-state index in [2.05, 4.69) is 27.8 Å². The lowest BCUT2D eigenvalue weighted by molar-refractivity contribution is 0.0688. The van der Waals surface area contributed by atoms with Crippen LogP contribution in [-0.2, 0) is 0 Å². The summed E-state index contributed by atoms with van der Waals surface area (Å²) in [7, 11) is 0. The van der Waals surface area contributed by atoms with E-state index in [0.717, 1.165) is 28.9 Å². The fourth-order valence-electron chi connectivity index (χ4n) is 3.83. The minimum atomic E-state index is 0.214. The van der Waals surface area contributed by atoms with Crippen molar-refractivity contribution in [2.45, 2.75) is 51.5 Å². The van der Waals surface area contributed by atoms with Crippen LogP contribution in [0.5, 0.6) is 0 Å². The van der Waals surface area contributed by atoms with Crippen LogP contribution in [0.3, 0.4) is 0 Å². The summed E-state index contributed by atoms with van der Waals surface area (Å²) in [6.45, 7) is 2.98. The number of carbonyl (C=O) groups is 1. The van der Waals surface area contributed by atoms with Gasteiger partial charge in [0.25, 0.3) is 5.91 Å². The second kappa shape index (κ2) is 5.88. The molecule has 0 N–H and O–H groups in total. The van der Waals surface area contributed by atoms with E-state index < -0.39 is 0 Å². The molecule has 1 heterocycles. The van der Waals surface area contributed by atoms with Crippen LogP contribution in [0.25, 0.3) is 0 Å². The van der Waals surface area contributed by atoms with Gasteiger partial charge >= 0.3 is 0 Å². The molecule has 1 aromatic rings. The first kappa shape index (κ1) is 14.1. The summed E-state index contributed by atoms with van der Waals surface area (Å²) in [6.07, 6.45) is 7.66. The Bertz CT molecular complexity index is 508. The van der Waals surface area contributed by atoms with Crippen molar-refractivity contribution in [2.24, 2.45) is 5.92 Å². The smallest absolute Gasteiger partial charge is 0.255 e. The molecular formula is C17H22BrNO. The van der Waals surface area contributed by atoms with E-state index in [1.807, 2.05) is 18.2 Å². The van der Waals surface area contributed by atoms with Gasteiger partial charge in [-0.2, -0.15) is 0 Å². The topological polar surface area (TPSA) is 20.3 Å². The van der Waals surface area contributed by atoms with E-state index in [1.54, 1.807) is 0 Å². The Hall–Kier alpha value is -0.830. The first-order valence-electron chi connectivity index (χ1n) is 7.74. The Morgan fingerprint density at radius 2 is 1.95 bits per heavy atom. The second-order valence-electron chi connectivity index (χ2n) is 6.24. The zero-order valence-corrected chi connectivity index (χ0v) is 13.7. The minimum Gasteiger partial charge on any atom is -0.335 e. The third-order valence-corrected chi connectivity index (χ3v) is 5.52. The average molecular weight is 336 g/mol. The van der Waals surface area contributed by atoms with E-state index in [9.17, 15) is 4.79 Å². The highest BCUT2D eigenvalue weighted by molar-refractivity contribution is 9.10. The number of carbonyl (C=O) groups excluding carboxylic acids is 1. The Morgan fingerprint density at radius 3 is 2.65 bits per heavy atom. The van der Waals surface area contributed by atoms with Crippen molar-refractivity contribution in [3.05, 3.63) is 33.8 Å². The molecule has 108 valence electrons. The molecule has 1 atom stereocenters. The van der Waals surface area contributed by atoms with E-state index in [0.29, 0.717) is 6.04 Å². The van der Waals surface area contributed by atoms with E-state index in [1.165, 1.54) is 37.7 Å². The number of amides is 1. The van der Waals surface area contributed by atoms with Gasteiger partial charge in [-0.25, -0.2) is 0 Å². The maximum Gasteiger partial charge on any atom is 0.255 e. The molecule has 20 heavy (non-hydrogen) atoms. The Labute approximate surface area is 129 Å². The number of hydrogen-bond donors (Lipinski definition) is 0. The summed E-state index contributed by atoms with van der Waals surface area (Å²) >= 11 is 3.55. The third kappa shape index (κ3) is 2.65. The van der Waals surface area contributed by atoms with Gasteiger partial charge in [0.1, 0.15) is 0 Å². The normalized spacial score (nSPS) is 23.5. The summed E-state index contributed by atoms with van der Waals surface area (Å²) in [6, 6.07) is 6.51. The van der Waals surface area contributed by atoms with Crippen LogP contribution in [0.4, 0.5) is 0 Å². The molecule has 0 radical (unpaired) electrons. The molecule has 0 bridgehead atoms. The summed E-state index contributed by atoms with van der Waals surface area (Å²) in [5.41, 5.74) is 2.00. The second-order valence-corrected chi connectivity index (χ2v) is 7.09. The highest BCUT2D eigenvalue weighted by Crippen LogP contribution is 2.36. The number of hydrogen-bond acceptors (Lipinski definition) is 1. The van der Waals surface area contributed by atoms with Gasteiger partial charge in [0.15, 0.2) is 0 Å². The highest BCUT2D eigenvalue weighted by atomic mass is 79.9. The Kier molecular flexibility index (Phi) is 4.16. The molecule has 3 rings (SSSR count). The van der Waals surface area contributed by atoms with Crippen LogP contribution >= 0.6 is 15.9 Å². The summed E-state index contributed by atoms with van der Waals surface area (Å²) in [4.78, 5) is 15.0. The summed E-state index contributed by atoms with van der Waals surface area (Å²) in [5.74, 6) is 0.956. The van der Waals surface area contributed by atoms with Crippen LogP contribution < -0.4 is 0 Å². The molecule has 0 aromatic heterocycles. The molecule has 3 heteroatoms. The lowest BCUT2D eigenvalue weighted by atomic mass is 9.95. The van der Waals surface area contributed by atoms with E-state index in [4.69, 9.17) is 0 Å². The lowest BCUT2D eigenvalue weighted by Gasteiger charge is -2.29. The van der Waals surface area contributed by atoms with Crippen molar-refractivity contribution in [2.75, 3.05) is 6.54 Å². The molecule has 1 aliphatic carbocycles. The van der Waals surface area contributed by atoms with Gasteiger partial charge in [0, 0.05) is 17.1 Å². The number of halogens is 1. The van der Waals surface area contributed by atoms with Crippen molar-refractivity contribution in [1.82, 2.24) is 4.90 Å². The van der Waals surface area contributed by atoms with Gasteiger partial charge in [0.2, 0.25) is 0 Å². The van der Waals surface area contributed by atoms with Crippen LogP contribution in [0.2, 0.25) is 0 Å². The monoisotopic (exact) mass is 335 g/mol. The summed E-state index contributed by atoms with van der Waals surface area (Å²) < 4.78 is 0.930. The molecule has 1 aromatic carbocycles. The van der Waals surface area contributed by atoms with Crippen LogP contribution in [0.15, 0.2) is 22.7 Å². The quantitative estimate of drug-likeness (QED) is 0.776. The molecule has 2 aliphatic rings. The predicted molar refractivity (Wildman–Crippen MR) is 84.9 cm³/mol.